The highest BCUT2D eigenvalue weighted by Crippen LogP contribution is 2.36. The minimum absolute atomic E-state index is 0.138. The number of carbonyl (C=O) groups is 1. The molecule has 3 aromatic rings. The van der Waals surface area contributed by atoms with Crippen molar-refractivity contribution in [1.82, 2.24) is 14.8 Å². The van der Waals surface area contributed by atoms with Crippen molar-refractivity contribution in [2.45, 2.75) is 23.9 Å². The third kappa shape index (κ3) is 3.81. The number of nitrogens with two attached hydrogens (primary N) is 1. The molecule has 2 heterocycles. The molecule has 1 aliphatic rings. The van der Waals surface area contributed by atoms with Gasteiger partial charge in [-0.2, -0.15) is 4.98 Å². The number of anilines is 1. The van der Waals surface area contributed by atoms with Crippen molar-refractivity contribution in [3.63, 3.8) is 0 Å². The molecule has 0 saturated carbocycles. The van der Waals surface area contributed by atoms with Crippen molar-refractivity contribution >= 4 is 35.2 Å². The molecule has 1 amide bonds. The number of rotatable bonds is 5. The number of allylic oxidation sites excluding steroid dienone is 1. The van der Waals surface area contributed by atoms with Gasteiger partial charge in [-0.05, 0) is 36.2 Å². The Morgan fingerprint density at radius 3 is 2.69 bits per heavy atom. The van der Waals surface area contributed by atoms with Gasteiger partial charge in [-0.3, -0.25) is 4.79 Å². The van der Waals surface area contributed by atoms with E-state index in [9.17, 15) is 9.90 Å². The molecule has 0 saturated heterocycles. The minimum Gasteiger partial charge on any atom is -0.508 e. The Bertz CT molecular complexity index is 1110. The maximum atomic E-state index is 12.2. The lowest BCUT2D eigenvalue weighted by Gasteiger charge is -2.27. The van der Waals surface area contributed by atoms with E-state index in [0.717, 1.165) is 11.1 Å². The summed E-state index contributed by atoms with van der Waals surface area (Å²) in [5, 5.41) is 18.6. The van der Waals surface area contributed by atoms with Crippen LogP contribution in [0.3, 0.4) is 0 Å². The van der Waals surface area contributed by atoms with Crippen molar-refractivity contribution < 1.29 is 9.90 Å². The maximum Gasteiger partial charge on any atom is 0.248 e. The van der Waals surface area contributed by atoms with Crippen LogP contribution in [0.5, 0.6) is 5.75 Å². The highest BCUT2D eigenvalue weighted by Gasteiger charge is 2.33. The van der Waals surface area contributed by atoms with Crippen LogP contribution in [0.1, 0.15) is 24.1 Å². The number of phenols is 1. The first-order valence-corrected chi connectivity index (χ1v) is 10.2. The van der Waals surface area contributed by atoms with Crippen LogP contribution in [0.4, 0.5) is 5.95 Å². The number of benzene rings is 2. The molecule has 0 aliphatic carbocycles. The number of nitrogens with zero attached hydrogens (tertiary/aromatic N) is 3. The highest BCUT2D eigenvalue weighted by atomic mass is 35.5. The number of primary amides is 1. The van der Waals surface area contributed by atoms with Gasteiger partial charge in [-0.25, -0.2) is 4.68 Å². The van der Waals surface area contributed by atoms with Crippen LogP contribution in [0.25, 0.3) is 0 Å². The summed E-state index contributed by atoms with van der Waals surface area (Å²) in [6, 6.07) is 13.7. The molecule has 1 unspecified atom stereocenters. The van der Waals surface area contributed by atoms with Gasteiger partial charge >= 0.3 is 0 Å². The Balaban J connectivity index is 1.69. The zero-order chi connectivity index (χ0) is 20.5. The summed E-state index contributed by atoms with van der Waals surface area (Å²) in [4.78, 5) is 16.7. The van der Waals surface area contributed by atoms with Crippen LogP contribution in [-0.2, 0) is 10.5 Å². The number of halogens is 1. The lowest BCUT2D eigenvalue weighted by Crippen LogP contribution is -2.31. The zero-order valence-corrected chi connectivity index (χ0v) is 17.0. The van der Waals surface area contributed by atoms with Crippen molar-refractivity contribution in [3.05, 3.63) is 76.0 Å². The molecule has 2 aromatic carbocycles. The Morgan fingerprint density at radius 1 is 1.28 bits per heavy atom. The Hall–Kier alpha value is -2.97. The van der Waals surface area contributed by atoms with E-state index in [1.165, 1.54) is 11.8 Å². The third-order valence-electron chi connectivity index (χ3n) is 4.62. The van der Waals surface area contributed by atoms with Crippen molar-refractivity contribution in [1.29, 1.82) is 0 Å². The number of fused-ring (bicyclic) bond motifs is 1. The largest absolute Gasteiger partial charge is 0.508 e. The number of phenolic OH excluding ortho intramolecular Hbond substituents is 1. The van der Waals surface area contributed by atoms with E-state index < -0.39 is 11.9 Å². The van der Waals surface area contributed by atoms with Crippen LogP contribution >= 0.6 is 23.4 Å². The molecule has 0 bridgehead atoms. The van der Waals surface area contributed by atoms with Crippen LogP contribution in [0.2, 0.25) is 5.02 Å². The summed E-state index contributed by atoms with van der Waals surface area (Å²) < 4.78 is 1.65. The van der Waals surface area contributed by atoms with Crippen molar-refractivity contribution in [2.24, 2.45) is 5.73 Å². The van der Waals surface area contributed by atoms with E-state index in [0.29, 0.717) is 33.2 Å². The molecule has 4 N–H and O–H groups in total. The van der Waals surface area contributed by atoms with Crippen molar-refractivity contribution in [2.75, 3.05) is 5.32 Å². The number of carbonyl (C=O) groups excluding carboxylic acids is 1. The number of thioether (sulfide) groups is 1. The molecule has 0 spiro atoms. The molecule has 7 nitrogen and oxygen atoms in total. The number of aromatic nitrogens is 3. The Morgan fingerprint density at radius 2 is 2.00 bits per heavy atom. The molecule has 1 aliphatic heterocycles. The average Bonchev–Trinajstić information content (AvgIpc) is 3.09. The predicted octanol–water partition coefficient (Wildman–Crippen LogP) is 3.70. The summed E-state index contributed by atoms with van der Waals surface area (Å²) in [6.07, 6.45) is 0. The van der Waals surface area contributed by atoms with Crippen LogP contribution in [0, 0.1) is 0 Å². The zero-order valence-electron chi connectivity index (χ0n) is 15.5. The van der Waals surface area contributed by atoms with Gasteiger partial charge in [0.2, 0.25) is 17.0 Å². The molecule has 0 fully saturated rings. The second-order valence-electron chi connectivity index (χ2n) is 6.56. The highest BCUT2D eigenvalue weighted by molar-refractivity contribution is 7.98. The van der Waals surface area contributed by atoms with E-state index in [4.69, 9.17) is 17.3 Å². The van der Waals surface area contributed by atoms with Gasteiger partial charge in [0.15, 0.2) is 0 Å². The van der Waals surface area contributed by atoms with Crippen LogP contribution < -0.4 is 11.1 Å². The van der Waals surface area contributed by atoms with Gasteiger partial charge in [0.1, 0.15) is 11.8 Å². The topological polar surface area (TPSA) is 106 Å². The fourth-order valence-corrected chi connectivity index (χ4v) is 4.35. The first kappa shape index (κ1) is 19.4. The first-order chi connectivity index (χ1) is 13.9. The molecule has 1 atom stereocenters. The first-order valence-electron chi connectivity index (χ1n) is 8.83. The average molecular weight is 428 g/mol. The number of hydrogen-bond acceptors (Lipinski definition) is 6. The quantitative estimate of drug-likeness (QED) is 0.536. The number of amides is 1. The Kier molecular flexibility index (Phi) is 5.21. The van der Waals surface area contributed by atoms with Gasteiger partial charge in [0.05, 0.1) is 5.57 Å². The molecule has 148 valence electrons. The number of aromatic hydroxyl groups is 1. The maximum absolute atomic E-state index is 12.2. The summed E-state index contributed by atoms with van der Waals surface area (Å²) in [5.74, 6) is 0.729. The smallest absolute Gasteiger partial charge is 0.248 e. The molecule has 4 rings (SSSR count). The normalized spacial score (nSPS) is 15.7. The monoisotopic (exact) mass is 427 g/mol. The molecular weight excluding hydrogens is 410 g/mol. The molecule has 9 heteroatoms. The fraction of sp³-hybridized carbons (Fsp3) is 0.150. The molecular formula is C20H18ClN5O2S. The minimum atomic E-state index is -0.542. The lowest BCUT2D eigenvalue weighted by atomic mass is 9.95. The second-order valence-corrected chi connectivity index (χ2v) is 7.91. The van der Waals surface area contributed by atoms with E-state index in [2.05, 4.69) is 15.4 Å². The van der Waals surface area contributed by atoms with Gasteiger partial charge in [-0.1, -0.05) is 53.7 Å². The van der Waals surface area contributed by atoms with Crippen molar-refractivity contribution in [3.8, 4) is 5.75 Å². The SMILES string of the molecule is CC1=C(C(N)=O)C(c2ccc(O)cc2)n2nc(SCc3ccccc3Cl)nc2N1. The lowest BCUT2D eigenvalue weighted by molar-refractivity contribution is -0.115. The van der Waals surface area contributed by atoms with E-state index in [1.54, 1.807) is 35.9 Å². The number of hydrogen-bond donors (Lipinski definition) is 3. The van der Waals surface area contributed by atoms with Crippen LogP contribution in [0.15, 0.2) is 65.0 Å². The van der Waals surface area contributed by atoms with Crippen LogP contribution in [-0.4, -0.2) is 25.8 Å². The van der Waals surface area contributed by atoms with Gasteiger partial charge in [-0.15, -0.1) is 5.10 Å². The molecule has 29 heavy (non-hydrogen) atoms. The Labute approximate surface area is 176 Å². The van der Waals surface area contributed by atoms with Gasteiger partial charge < -0.3 is 16.2 Å². The van der Waals surface area contributed by atoms with E-state index >= 15 is 0 Å². The van der Waals surface area contributed by atoms with Gasteiger partial charge in [0, 0.05) is 16.5 Å². The summed E-state index contributed by atoms with van der Waals surface area (Å²) >= 11 is 7.68. The third-order valence-corrected chi connectivity index (χ3v) is 5.88. The fourth-order valence-electron chi connectivity index (χ4n) is 3.23. The molecule has 0 radical (unpaired) electrons. The standard InChI is InChI=1S/C20H18ClN5O2S/c1-11-16(18(22)28)17(12-6-8-14(27)9-7-12)26-19(23-11)24-20(25-26)29-10-13-4-2-3-5-15(13)21/h2-9,17,27H,10H2,1H3,(H2,22,28)(H,23,24,25). The molecule has 1 aromatic heterocycles. The summed E-state index contributed by atoms with van der Waals surface area (Å²) in [7, 11) is 0. The summed E-state index contributed by atoms with van der Waals surface area (Å²) in [6.45, 7) is 1.78. The van der Waals surface area contributed by atoms with Gasteiger partial charge in [0.25, 0.3) is 0 Å². The second kappa shape index (κ2) is 7.81. The summed E-state index contributed by atoms with van der Waals surface area (Å²) in [5.41, 5.74) is 8.44. The van der Waals surface area contributed by atoms with E-state index in [-0.39, 0.29) is 5.75 Å². The predicted molar refractivity (Wildman–Crippen MR) is 113 cm³/mol. The number of nitrogens with one attached hydrogen (secondary N) is 1. The van der Waals surface area contributed by atoms with E-state index in [1.807, 2.05) is 24.3 Å².